The smallest absolute Gasteiger partial charge is 0.270 e. The molecule has 0 saturated heterocycles. The molecule has 2 N–H and O–H groups in total. The summed E-state index contributed by atoms with van der Waals surface area (Å²) in [6, 6.07) is 5.21. The second-order valence-electron chi connectivity index (χ2n) is 2.91. The van der Waals surface area contributed by atoms with Crippen LogP contribution in [0.1, 0.15) is 10.4 Å². The zero-order valence-corrected chi connectivity index (χ0v) is 8.12. The fourth-order valence-corrected chi connectivity index (χ4v) is 1.03. The highest BCUT2D eigenvalue weighted by Gasteiger charge is 2.09. The van der Waals surface area contributed by atoms with Crippen molar-refractivity contribution in [3.05, 3.63) is 52.1 Å². The molecule has 1 aromatic rings. The van der Waals surface area contributed by atoms with E-state index in [0.717, 1.165) is 18.2 Å². The van der Waals surface area contributed by atoms with E-state index in [2.05, 4.69) is 0 Å². The molecular weight excluding hydrogens is 212 g/mol. The Balaban J connectivity index is 2.96. The second-order valence-corrected chi connectivity index (χ2v) is 2.91. The average Bonchev–Trinajstić information content (AvgIpc) is 2.26. The van der Waals surface area contributed by atoms with Crippen LogP contribution in [0.5, 0.6) is 0 Å². The van der Waals surface area contributed by atoms with Crippen LogP contribution in [0, 0.1) is 10.1 Å². The molecule has 6 nitrogen and oxygen atoms in total. The number of nitro benzene ring substituents is 1. The maximum Gasteiger partial charge on any atom is 0.270 e. The summed E-state index contributed by atoms with van der Waals surface area (Å²) in [5, 5.41) is 10.4. The standard InChI is InChI=1S/C10H8N2O4/c11-10(14)5-4-9(13)7-2-1-3-8(6-7)12(15)16/h1-6H,(H2,11,14)/b5-4+. The third-order valence-corrected chi connectivity index (χ3v) is 1.74. The number of carbonyl (C=O) groups is 2. The number of primary amides is 1. The molecular formula is C10H8N2O4. The molecule has 1 amide bonds. The first-order valence-corrected chi connectivity index (χ1v) is 4.27. The zero-order valence-electron chi connectivity index (χ0n) is 8.12. The first-order valence-electron chi connectivity index (χ1n) is 4.27. The number of non-ortho nitro benzene ring substituents is 1. The fourth-order valence-electron chi connectivity index (χ4n) is 1.03. The van der Waals surface area contributed by atoms with Gasteiger partial charge in [0.25, 0.3) is 5.69 Å². The van der Waals surface area contributed by atoms with E-state index in [0.29, 0.717) is 0 Å². The van der Waals surface area contributed by atoms with Crippen LogP contribution >= 0.6 is 0 Å². The minimum Gasteiger partial charge on any atom is -0.366 e. The number of hydrogen-bond donors (Lipinski definition) is 1. The van der Waals surface area contributed by atoms with Crippen molar-refractivity contribution in [1.82, 2.24) is 0 Å². The SMILES string of the molecule is NC(=O)/C=C/C(=O)c1cccc([N+](=O)[O-])c1. The summed E-state index contributed by atoms with van der Waals surface area (Å²) in [5.41, 5.74) is 4.76. The number of amides is 1. The third kappa shape index (κ3) is 3.02. The van der Waals surface area contributed by atoms with Gasteiger partial charge in [0, 0.05) is 23.8 Å². The molecule has 0 aliphatic rings. The minimum absolute atomic E-state index is 0.131. The first kappa shape index (κ1) is 11.6. The number of carbonyl (C=O) groups excluding carboxylic acids is 2. The van der Waals surface area contributed by atoms with Crippen molar-refractivity contribution in [2.24, 2.45) is 5.73 Å². The Morgan fingerprint density at radius 1 is 1.31 bits per heavy atom. The lowest BCUT2D eigenvalue weighted by Gasteiger charge is -1.95. The molecule has 1 aromatic carbocycles. The van der Waals surface area contributed by atoms with Crippen LogP contribution in [0.2, 0.25) is 0 Å². The molecule has 0 heterocycles. The van der Waals surface area contributed by atoms with Crippen LogP contribution in [0.3, 0.4) is 0 Å². The molecule has 0 atom stereocenters. The lowest BCUT2D eigenvalue weighted by Crippen LogP contribution is -2.07. The van der Waals surface area contributed by atoms with Crippen LogP contribution < -0.4 is 5.73 Å². The highest BCUT2D eigenvalue weighted by atomic mass is 16.6. The molecule has 0 saturated carbocycles. The van der Waals surface area contributed by atoms with Crippen molar-refractivity contribution in [3.8, 4) is 0 Å². The van der Waals surface area contributed by atoms with E-state index in [4.69, 9.17) is 5.73 Å². The Hall–Kier alpha value is -2.50. The largest absolute Gasteiger partial charge is 0.366 e. The summed E-state index contributed by atoms with van der Waals surface area (Å²) in [4.78, 5) is 31.6. The lowest BCUT2D eigenvalue weighted by atomic mass is 10.1. The number of rotatable bonds is 4. The van der Waals surface area contributed by atoms with Crippen molar-refractivity contribution >= 4 is 17.4 Å². The first-order chi connectivity index (χ1) is 7.50. The Kier molecular flexibility index (Phi) is 3.49. The van der Waals surface area contributed by atoms with Crippen molar-refractivity contribution in [3.63, 3.8) is 0 Å². The van der Waals surface area contributed by atoms with Gasteiger partial charge in [0.1, 0.15) is 0 Å². The Morgan fingerprint density at radius 3 is 2.56 bits per heavy atom. The van der Waals surface area contributed by atoms with Crippen molar-refractivity contribution < 1.29 is 14.5 Å². The van der Waals surface area contributed by atoms with Gasteiger partial charge in [0.05, 0.1) is 4.92 Å². The van der Waals surface area contributed by atoms with E-state index in [-0.39, 0.29) is 11.3 Å². The van der Waals surface area contributed by atoms with Crippen molar-refractivity contribution in [2.75, 3.05) is 0 Å². The third-order valence-electron chi connectivity index (χ3n) is 1.74. The van der Waals surface area contributed by atoms with E-state index in [1.807, 2.05) is 0 Å². The number of nitrogens with zero attached hydrogens (tertiary/aromatic N) is 1. The molecule has 82 valence electrons. The fraction of sp³-hybridized carbons (Fsp3) is 0. The summed E-state index contributed by atoms with van der Waals surface area (Å²) in [5.74, 6) is -1.26. The summed E-state index contributed by atoms with van der Waals surface area (Å²) < 4.78 is 0. The van der Waals surface area contributed by atoms with Gasteiger partial charge in [0.15, 0.2) is 5.78 Å². The monoisotopic (exact) mass is 220 g/mol. The Labute approximate surface area is 90.5 Å². The maximum absolute atomic E-state index is 11.4. The molecule has 0 aliphatic heterocycles. The highest BCUT2D eigenvalue weighted by Crippen LogP contribution is 2.13. The number of nitro groups is 1. The summed E-state index contributed by atoms with van der Waals surface area (Å²) >= 11 is 0. The van der Waals surface area contributed by atoms with E-state index < -0.39 is 16.6 Å². The van der Waals surface area contributed by atoms with E-state index in [1.165, 1.54) is 18.2 Å². The lowest BCUT2D eigenvalue weighted by molar-refractivity contribution is -0.384. The molecule has 0 fully saturated rings. The molecule has 0 spiro atoms. The van der Waals surface area contributed by atoms with Gasteiger partial charge in [0.2, 0.25) is 5.91 Å². The topological polar surface area (TPSA) is 103 Å². The van der Waals surface area contributed by atoms with Gasteiger partial charge in [-0.05, 0) is 6.08 Å². The number of hydrogen-bond acceptors (Lipinski definition) is 4. The van der Waals surface area contributed by atoms with Crippen LogP contribution in [0.4, 0.5) is 5.69 Å². The number of benzene rings is 1. The predicted molar refractivity (Wildman–Crippen MR) is 55.8 cm³/mol. The van der Waals surface area contributed by atoms with Crippen LogP contribution in [0.15, 0.2) is 36.4 Å². The van der Waals surface area contributed by atoms with Gasteiger partial charge in [-0.3, -0.25) is 19.7 Å². The normalized spacial score (nSPS) is 10.2. The summed E-state index contributed by atoms with van der Waals surface area (Å²) in [7, 11) is 0. The molecule has 0 bridgehead atoms. The number of ketones is 1. The molecule has 0 unspecified atom stereocenters. The van der Waals surface area contributed by atoms with E-state index in [1.54, 1.807) is 0 Å². The number of nitrogens with two attached hydrogens (primary N) is 1. The van der Waals surface area contributed by atoms with Gasteiger partial charge < -0.3 is 5.73 Å². The van der Waals surface area contributed by atoms with Crippen LogP contribution in [-0.2, 0) is 4.79 Å². The predicted octanol–water partition coefficient (Wildman–Crippen LogP) is 0.819. The van der Waals surface area contributed by atoms with Crippen molar-refractivity contribution in [1.29, 1.82) is 0 Å². The second kappa shape index (κ2) is 4.83. The highest BCUT2D eigenvalue weighted by molar-refractivity contribution is 6.07. The summed E-state index contributed by atoms with van der Waals surface area (Å²) in [6.45, 7) is 0. The Bertz CT molecular complexity index is 479. The van der Waals surface area contributed by atoms with E-state index >= 15 is 0 Å². The molecule has 0 aromatic heterocycles. The van der Waals surface area contributed by atoms with E-state index in [9.17, 15) is 19.7 Å². The van der Waals surface area contributed by atoms with Gasteiger partial charge in [-0.15, -0.1) is 0 Å². The molecule has 0 aliphatic carbocycles. The van der Waals surface area contributed by atoms with Gasteiger partial charge in [-0.1, -0.05) is 12.1 Å². The number of allylic oxidation sites excluding steroid dienone is 1. The van der Waals surface area contributed by atoms with Gasteiger partial charge in [-0.25, -0.2) is 0 Å². The minimum atomic E-state index is -0.751. The molecule has 6 heteroatoms. The molecule has 1 rings (SSSR count). The Morgan fingerprint density at radius 2 is 2.00 bits per heavy atom. The van der Waals surface area contributed by atoms with Crippen LogP contribution in [0.25, 0.3) is 0 Å². The van der Waals surface area contributed by atoms with Crippen LogP contribution in [-0.4, -0.2) is 16.6 Å². The van der Waals surface area contributed by atoms with Gasteiger partial charge in [-0.2, -0.15) is 0 Å². The average molecular weight is 220 g/mol. The zero-order chi connectivity index (χ0) is 12.1. The summed E-state index contributed by atoms with van der Waals surface area (Å²) in [6.07, 6.45) is 1.88. The maximum atomic E-state index is 11.4. The molecule has 16 heavy (non-hydrogen) atoms. The van der Waals surface area contributed by atoms with Gasteiger partial charge >= 0.3 is 0 Å². The molecule has 0 radical (unpaired) electrons. The van der Waals surface area contributed by atoms with Crippen molar-refractivity contribution in [2.45, 2.75) is 0 Å². The quantitative estimate of drug-likeness (QED) is 0.351.